The summed E-state index contributed by atoms with van der Waals surface area (Å²) in [7, 11) is 2.18. The highest BCUT2D eigenvalue weighted by Crippen LogP contribution is 2.59. The number of aromatic nitrogens is 2. The summed E-state index contributed by atoms with van der Waals surface area (Å²) in [5.41, 5.74) is 7.66. The lowest BCUT2D eigenvalue weighted by atomic mass is 9.52. The number of hydrogen-bond acceptors (Lipinski definition) is 6. The largest absolute Gasteiger partial charge is 0.369 e. The standard InChI is InChI=1S/C36H45N7O/c1-23-13-25(3)32(14-24(23)2)42-22-29-21-37-34(38-30-5-7-31(8-6-30)41-11-9-40(4)10-12-41)39-33(29)43(35(42)44)36-18-26-15-27(19-36)17-28(16-26)20-36/h5-8,13-14,21,26-28H,9-12,15-20,22H2,1-4H3,(H,37,38,39). The zero-order valence-corrected chi connectivity index (χ0v) is 26.6. The molecule has 2 amide bonds. The lowest BCUT2D eigenvalue weighted by Crippen LogP contribution is -2.65. The molecule has 6 aliphatic rings. The molecule has 4 bridgehead atoms. The van der Waals surface area contributed by atoms with Gasteiger partial charge in [0.2, 0.25) is 5.95 Å². The van der Waals surface area contributed by atoms with Gasteiger partial charge in [0.25, 0.3) is 0 Å². The summed E-state index contributed by atoms with van der Waals surface area (Å²) >= 11 is 0. The number of anilines is 5. The molecule has 0 spiro atoms. The zero-order chi connectivity index (χ0) is 30.2. The fraction of sp³-hybridized carbons (Fsp3) is 0.528. The summed E-state index contributed by atoms with van der Waals surface area (Å²) in [6.45, 7) is 11.2. The Morgan fingerprint density at radius 3 is 2.14 bits per heavy atom. The molecule has 44 heavy (non-hydrogen) atoms. The van der Waals surface area contributed by atoms with Gasteiger partial charge in [-0.05, 0) is 131 Å². The van der Waals surface area contributed by atoms with E-state index in [1.165, 1.54) is 36.1 Å². The Balaban J connectivity index is 1.14. The Kier molecular flexibility index (Phi) is 6.63. The van der Waals surface area contributed by atoms with E-state index in [1.807, 2.05) is 11.1 Å². The van der Waals surface area contributed by atoms with Crippen molar-refractivity contribution in [2.75, 3.05) is 53.2 Å². The number of piperazine rings is 1. The number of benzene rings is 2. The highest BCUT2D eigenvalue weighted by atomic mass is 16.2. The van der Waals surface area contributed by atoms with Gasteiger partial charge in [0.15, 0.2) is 0 Å². The van der Waals surface area contributed by atoms with E-state index in [9.17, 15) is 4.79 Å². The number of nitrogens with one attached hydrogen (secondary N) is 1. The van der Waals surface area contributed by atoms with E-state index in [1.54, 1.807) is 0 Å². The van der Waals surface area contributed by atoms with Crippen LogP contribution >= 0.6 is 0 Å². The number of hydrogen-bond donors (Lipinski definition) is 1. The molecule has 1 N–H and O–H groups in total. The maximum absolute atomic E-state index is 14.8. The van der Waals surface area contributed by atoms with Gasteiger partial charge in [0.05, 0.1) is 12.1 Å². The number of carbonyl (C=O) groups is 1. The van der Waals surface area contributed by atoms with Crippen LogP contribution in [-0.4, -0.2) is 59.7 Å². The van der Waals surface area contributed by atoms with Crippen LogP contribution in [0.15, 0.2) is 42.6 Å². The second kappa shape index (κ2) is 10.5. The summed E-state index contributed by atoms with van der Waals surface area (Å²) < 4.78 is 0. The van der Waals surface area contributed by atoms with E-state index in [4.69, 9.17) is 9.97 Å². The summed E-state index contributed by atoms with van der Waals surface area (Å²) in [4.78, 5) is 33.7. The van der Waals surface area contributed by atoms with Crippen molar-refractivity contribution in [1.29, 1.82) is 0 Å². The Morgan fingerprint density at radius 2 is 1.48 bits per heavy atom. The minimum Gasteiger partial charge on any atom is -0.369 e. The van der Waals surface area contributed by atoms with Crippen molar-refractivity contribution in [3.8, 4) is 0 Å². The maximum Gasteiger partial charge on any atom is 0.331 e. The van der Waals surface area contributed by atoms with Crippen LogP contribution in [-0.2, 0) is 6.54 Å². The molecule has 3 aromatic rings. The van der Waals surface area contributed by atoms with Gasteiger partial charge in [-0.3, -0.25) is 9.80 Å². The summed E-state index contributed by atoms with van der Waals surface area (Å²) in [6.07, 6.45) is 9.20. The van der Waals surface area contributed by atoms with Crippen molar-refractivity contribution in [3.63, 3.8) is 0 Å². The molecular formula is C36H45N7O. The number of rotatable bonds is 5. The van der Waals surface area contributed by atoms with Crippen molar-refractivity contribution >= 4 is 34.9 Å². The SMILES string of the molecule is Cc1cc(C)c(N2Cc3cnc(Nc4ccc(N5CCN(C)CC5)cc4)nc3N(C34CC5CC(CC(C5)C3)C4)C2=O)cc1C. The molecule has 8 nitrogen and oxygen atoms in total. The molecule has 9 rings (SSSR count). The number of nitrogens with zero attached hydrogens (tertiary/aromatic N) is 6. The molecule has 5 fully saturated rings. The molecule has 4 saturated carbocycles. The van der Waals surface area contributed by atoms with Gasteiger partial charge in [-0.1, -0.05) is 6.07 Å². The first-order valence-electron chi connectivity index (χ1n) is 16.6. The molecule has 2 aliphatic heterocycles. The van der Waals surface area contributed by atoms with Crippen LogP contribution in [0.4, 0.5) is 33.6 Å². The number of urea groups is 1. The van der Waals surface area contributed by atoms with Gasteiger partial charge in [0.1, 0.15) is 5.82 Å². The monoisotopic (exact) mass is 591 g/mol. The second-order valence-electron chi connectivity index (χ2n) is 14.6. The van der Waals surface area contributed by atoms with Crippen LogP contribution in [0.3, 0.4) is 0 Å². The van der Waals surface area contributed by atoms with Gasteiger partial charge in [-0.2, -0.15) is 4.98 Å². The van der Waals surface area contributed by atoms with Crippen LogP contribution < -0.4 is 20.0 Å². The first kappa shape index (κ1) is 27.9. The third kappa shape index (κ3) is 4.73. The highest BCUT2D eigenvalue weighted by molar-refractivity contribution is 6.07. The lowest BCUT2D eigenvalue weighted by Gasteiger charge is -2.61. The predicted molar refractivity (Wildman–Crippen MR) is 177 cm³/mol. The smallest absolute Gasteiger partial charge is 0.331 e. The second-order valence-corrected chi connectivity index (χ2v) is 14.6. The minimum atomic E-state index is -0.164. The third-order valence-electron chi connectivity index (χ3n) is 11.4. The molecule has 230 valence electrons. The van der Waals surface area contributed by atoms with Crippen LogP contribution in [0.2, 0.25) is 0 Å². The van der Waals surface area contributed by atoms with E-state index in [0.717, 1.165) is 91.5 Å². The summed E-state index contributed by atoms with van der Waals surface area (Å²) in [5.74, 6) is 3.51. The molecular weight excluding hydrogens is 546 g/mol. The van der Waals surface area contributed by atoms with Crippen molar-refractivity contribution in [2.45, 2.75) is 71.4 Å². The van der Waals surface area contributed by atoms with Crippen LogP contribution in [0.25, 0.3) is 0 Å². The quantitative estimate of drug-likeness (QED) is 0.352. The first-order valence-corrected chi connectivity index (χ1v) is 16.6. The summed E-state index contributed by atoms with van der Waals surface area (Å²) in [5, 5.41) is 3.47. The number of fused-ring (bicyclic) bond motifs is 1. The van der Waals surface area contributed by atoms with E-state index in [-0.39, 0.29) is 11.6 Å². The number of carbonyl (C=O) groups excluding carboxylic acids is 1. The van der Waals surface area contributed by atoms with Crippen molar-refractivity contribution < 1.29 is 4.79 Å². The molecule has 3 heterocycles. The van der Waals surface area contributed by atoms with Gasteiger partial charge < -0.3 is 15.1 Å². The van der Waals surface area contributed by atoms with Crippen LogP contribution in [0, 0.1) is 38.5 Å². The van der Waals surface area contributed by atoms with Crippen LogP contribution in [0.1, 0.15) is 60.8 Å². The lowest BCUT2D eigenvalue weighted by molar-refractivity contribution is -0.000908. The first-order chi connectivity index (χ1) is 21.2. The van der Waals surface area contributed by atoms with Gasteiger partial charge >= 0.3 is 6.03 Å². The number of amides is 2. The average Bonchev–Trinajstić information content (AvgIpc) is 2.99. The average molecular weight is 592 g/mol. The summed E-state index contributed by atoms with van der Waals surface area (Å²) in [6, 6.07) is 13.1. The Labute approximate surface area is 261 Å². The van der Waals surface area contributed by atoms with E-state index >= 15 is 0 Å². The Morgan fingerprint density at radius 1 is 0.841 bits per heavy atom. The van der Waals surface area contributed by atoms with E-state index in [2.05, 4.69) is 84.2 Å². The van der Waals surface area contributed by atoms with E-state index < -0.39 is 0 Å². The van der Waals surface area contributed by atoms with Gasteiger partial charge in [0, 0.05) is 55.0 Å². The fourth-order valence-electron chi connectivity index (χ4n) is 9.35. The molecule has 1 saturated heterocycles. The number of likely N-dealkylation sites (N-methyl/N-ethyl adjacent to an activating group) is 1. The number of aryl methyl sites for hydroxylation is 3. The third-order valence-corrected chi connectivity index (χ3v) is 11.4. The zero-order valence-electron chi connectivity index (χ0n) is 26.6. The van der Waals surface area contributed by atoms with Crippen molar-refractivity contribution in [2.24, 2.45) is 17.8 Å². The topological polar surface area (TPSA) is 67.8 Å². The normalized spacial score (nSPS) is 28.0. The minimum absolute atomic E-state index is 0.0759. The highest BCUT2D eigenvalue weighted by Gasteiger charge is 2.57. The molecule has 1 aromatic heterocycles. The maximum atomic E-state index is 14.8. The molecule has 0 unspecified atom stereocenters. The van der Waals surface area contributed by atoms with Crippen molar-refractivity contribution in [3.05, 3.63) is 64.8 Å². The molecule has 4 aliphatic carbocycles. The Bertz CT molecular complexity index is 1560. The molecule has 0 radical (unpaired) electrons. The molecule has 2 aromatic carbocycles. The van der Waals surface area contributed by atoms with Gasteiger partial charge in [-0.25, -0.2) is 9.78 Å². The van der Waals surface area contributed by atoms with Gasteiger partial charge in [-0.15, -0.1) is 0 Å². The molecule has 0 atom stereocenters. The predicted octanol–water partition coefficient (Wildman–Crippen LogP) is 6.81. The Hall–Kier alpha value is -3.65. The van der Waals surface area contributed by atoms with E-state index in [0.29, 0.717) is 12.5 Å². The van der Waals surface area contributed by atoms with Crippen LogP contribution in [0.5, 0.6) is 0 Å². The van der Waals surface area contributed by atoms with Crippen molar-refractivity contribution in [1.82, 2.24) is 14.9 Å². The fourth-order valence-corrected chi connectivity index (χ4v) is 9.35. The molecule has 8 heteroatoms.